The van der Waals surface area contributed by atoms with Gasteiger partial charge in [-0.3, -0.25) is 9.20 Å². The lowest BCUT2D eigenvalue weighted by atomic mass is 10.1. The Labute approximate surface area is 164 Å². The van der Waals surface area contributed by atoms with E-state index in [1.165, 1.54) is 6.42 Å². The zero-order chi connectivity index (χ0) is 19.7. The number of aryl methyl sites for hydroxylation is 1. The minimum Gasteiger partial charge on any atom is -0.361 e. The highest BCUT2D eigenvalue weighted by Gasteiger charge is 2.21. The molecule has 146 valence electrons. The van der Waals surface area contributed by atoms with Crippen LogP contribution in [0.2, 0.25) is 0 Å². The Hall–Kier alpha value is -3.16. The molecule has 1 fully saturated rings. The van der Waals surface area contributed by atoms with Gasteiger partial charge in [-0.2, -0.15) is 4.98 Å². The molecule has 1 aliphatic rings. The Morgan fingerprint density at radius 2 is 1.93 bits per heavy atom. The summed E-state index contributed by atoms with van der Waals surface area (Å²) < 4.78 is 1.79. The maximum absolute atomic E-state index is 13.0. The van der Waals surface area contributed by atoms with E-state index in [0.29, 0.717) is 28.8 Å². The molecule has 3 aromatic rings. The molecule has 0 radical (unpaired) electrons. The predicted molar refractivity (Wildman–Crippen MR) is 110 cm³/mol. The molecule has 4 heterocycles. The average Bonchev–Trinajstić information content (AvgIpc) is 3.04. The number of nitrogens with zero attached hydrogens (tertiary/aromatic N) is 6. The van der Waals surface area contributed by atoms with Gasteiger partial charge in [0.15, 0.2) is 5.82 Å². The van der Waals surface area contributed by atoms with E-state index in [1.807, 2.05) is 50.3 Å². The largest absolute Gasteiger partial charge is 0.361 e. The monoisotopic (exact) mass is 379 g/mol. The van der Waals surface area contributed by atoms with Crippen LogP contribution in [0.25, 0.3) is 5.65 Å². The molecule has 1 saturated heterocycles. The number of pyridine rings is 1. The van der Waals surface area contributed by atoms with Crippen molar-refractivity contribution >= 4 is 29.0 Å². The molecule has 0 aliphatic carbocycles. The number of hydrogen-bond acceptors (Lipinski definition) is 6. The van der Waals surface area contributed by atoms with Gasteiger partial charge in [-0.15, -0.1) is 0 Å². The fourth-order valence-electron chi connectivity index (χ4n) is 3.61. The van der Waals surface area contributed by atoms with Crippen molar-refractivity contribution < 1.29 is 4.79 Å². The first-order valence-electron chi connectivity index (χ1n) is 9.59. The number of piperidine rings is 1. The van der Waals surface area contributed by atoms with Crippen LogP contribution in [-0.2, 0) is 0 Å². The lowest BCUT2D eigenvalue weighted by Crippen LogP contribution is -2.31. The smallest absolute Gasteiger partial charge is 0.274 e. The average molecular weight is 379 g/mol. The van der Waals surface area contributed by atoms with Gasteiger partial charge < -0.3 is 15.1 Å². The van der Waals surface area contributed by atoms with Crippen molar-refractivity contribution in [2.45, 2.75) is 26.2 Å². The zero-order valence-corrected chi connectivity index (χ0v) is 16.5. The molecule has 1 N–H and O–H groups in total. The van der Waals surface area contributed by atoms with Crippen LogP contribution in [0.15, 0.2) is 30.6 Å². The number of carbonyl (C=O) groups is 1. The van der Waals surface area contributed by atoms with Crippen LogP contribution in [-0.4, -0.2) is 52.4 Å². The van der Waals surface area contributed by atoms with E-state index in [-0.39, 0.29) is 5.91 Å². The molecule has 0 aromatic carbocycles. The summed E-state index contributed by atoms with van der Waals surface area (Å²) in [5.41, 5.74) is 2.53. The molecule has 3 aromatic heterocycles. The van der Waals surface area contributed by atoms with Crippen LogP contribution in [0.5, 0.6) is 0 Å². The maximum atomic E-state index is 13.0. The maximum Gasteiger partial charge on any atom is 0.274 e. The van der Waals surface area contributed by atoms with E-state index in [9.17, 15) is 4.79 Å². The van der Waals surface area contributed by atoms with Crippen molar-refractivity contribution in [3.05, 3.63) is 42.0 Å². The van der Waals surface area contributed by atoms with Gasteiger partial charge in [0.25, 0.3) is 5.91 Å². The Morgan fingerprint density at radius 1 is 1.14 bits per heavy atom. The first kappa shape index (κ1) is 18.2. The van der Waals surface area contributed by atoms with Crippen LogP contribution in [0, 0.1) is 6.92 Å². The Kier molecular flexibility index (Phi) is 4.85. The summed E-state index contributed by atoms with van der Waals surface area (Å²) in [5.74, 6) is 1.18. The minimum atomic E-state index is -0.228. The van der Waals surface area contributed by atoms with E-state index in [4.69, 9.17) is 4.98 Å². The molecule has 0 unspecified atom stereocenters. The van der Waals surface area contributed by atoms with Crippen LogP contribution in [0.3, 0.4) is 0 Å². The topological polar surface area (TPSA) is 78.7 Å². The van der Waals surface area contributed by atoms with E-state index >= 15 is 0 Å². The lowest BCUT2D eigenvalue weighted by Gasteiger charge is -2.28. The first-order chi connectivity index (χ1) is 13.5. The molecule has 28 heavy (non-hydrogen) atoms. The fraction of sp³-hybridized carbons (Fsp3) is 0.400. The van der Waals surface area contributed by atoms with Gasteiger partial charge >= 0.3 is 0 Å². The second kappa shape index (κ2) is 7.46. The normalized spacial score (nSPS) is 14.3. The van der Waals surface area contributed by atoms with Crippen LogP contribution in [0.4, 0.5) is 17.5 Å². The van der Waals surface area contributed by atoms with Gasteiger partial charge in [0.05, 0.1) is 11.9 Å². The molecule has 0 bridgehead atoms. The summed E-state index contributed by atoms with van der Waals surface area (Å²) in [6, 6.07) is 5.67. The number of rotatable bonds is 4. The first-order valence-corrected chi connectivity index (χ1v) is 9.59. The van der Waals surface area contributed by atoms with Gasteiger partial charge in [-0.25, -0.2) is 9.97 Å². The summed E-state index contributed by atoms with van der Waals surface area (Å²) in [4.78, 5) is 30.8. The van der Waals surface area contributed by atoms with Gasteiger partial charge in [-0.05, 0) is 38.3 Å². The van der Waals surface area contributed by atoms with Crippen LogP contribution < -0.4 is 15.1 Å². The van der Waals surface area contributed by atoms with E-state index in [1.54, 1.807) is 10.6 Å². The SMILES string of the molecule is Cc1nc2ccccn2c1C(=O)Nc1cnc(N2CCCCC2)nc1N(C)C. The second-order valence-electron chi connectivity index (χ2n) is 7.28. The number of anilines is 3. The number of fused-ring (bicyclic) bond motifs is 1. The minimum absolute atomic E-state index is 0.228. The highest BCUT2D eigenvalue weighted by Crippen LogP contribution is 2.26. The molecule has 1 aliphatic heterocycles. The van der Waals surface area contributed by atoms with Crippen molar-refractivity contribution in [1.82, 2.24) is 19.4 Å². The number of amides is 1. The molecule has 0 saturated carbocycles. The van der Waals surface area contributed by atoms with Crippen molar-refractivity contribution in [3.8, 4) is 0 Å². The molecular weight excluding hydrogens is 354 g/mol. The van der Waals surface area contributed by atoms with Gasteiger partial charge in [0, 0.05) is 33.4 Å². The molecule has 4 rings (SSSR count). The van der Waals surface area contributed by atoms with E-state index < -0.39 is 0 Å². The molecule has 0 spiro atoms. The van der Waals surface area contributed by atoms with Crippen LogP contribution in [0.1, 0.15) is 35.4 Å². The van der Waals surface area contributed by atoms with Crippen molar-refractivity contribution in [1.29, 1.82) is 0 Å². The standard InChI is InChI=1S/C20H25N7O/c1-14-17(27-12-8-5-9-16(27)22-14)19(28)23-15-13-21-20(24-18(15)25(2)3)26-10-6-4-7-11-26/h5,8-9,12-13H,4,6-7,10-11H2,1-3H3,(H,23,28). The van der Waals surface area contributed by atoms with Crippen LogP contribution >= 0.6 is 0 Å². The van der Waals surface area contributed by atoms with Gasteiger partial charge in [-0.1, -0.05) is 6.07 Å². The number of carbonyl (C=O) groups excluding carboxylic acids is 1. The number of aromatic nitrogens is 4. The summed E-state index contributed by atoms with van der Waals surface area (Å²) in [6.45, 7) is 3.78. The van der Waals surface area contributed by atoms with Crippen molar-refractivity contribution in [2.24, 2.45) is 0 Å². The fourth-order valence-corrected chi connectivity index (χ4v) is 3.61. The Morgan fingerprint density at radius 3 is 2.68 bits per heavy atom. The van der Waals surface area contributed by atoms with Gasteiger partial charge in [0.2, 0.25) is 5.95 Å². The number of hydrogen-bond donors (Lipinski definition) is 1. The quantitative estimate of drug-likeness (QED) is 0.751. The summed E-state index contributed by atoms with van der Waals surface area (Å²) in [6.07, 6.45) is 7.11. The molecule has 0 atom stereocenters. The Bertz CT molecular complexity index is 1000. The van der Waals surface area contributed by atoms with E-state index in [2.05, 4.69) is 20.2 Å². The summed E-state index contributed by atoms with van der Waals surface area (Å²) in [7, 11) is 3.83. The molecule has 1 amide bonds. The second-order valence-corrected chi connectivity index (χ2v) is 7.28. The highest BCUT2D eigenvalue weighted by atomic mass is 16.2. The molecule has 8 heteroatoms. The lowest BCUT2D eigenvalue weighted by molar-refractivity contribution is 0.102. The number of nitrogens with one attached hydrogen (secondary N) is 1. The molecule has 8 nitrogen and oxygen atoms in total. The summed E-state index contributed by atoms with van der Waals surface area (Å²) in [5, 5.41) is 2.97. The third-order valence-electron chi connectivity index (χ3n) is 4.99. The zero-order valence-electron chi connectivity index (χ0n) is 16.5. The third-order valence-corrected chi connectivity index (χ3v) is 4.99. The van der Waals surface area contributed by atoms with Crippen molar-refractivity contribution in [3.63, 3.8) is 0 Å². The highest BCUT2D eigenvalue weighted by molar-refractivity contribution is 6.05. The third kappa shape index (κ3) is 3.37. The number of imidazole rings is 1. The van der Waals surface area contributed by atoms with E-state index in [0.717, 1.165) is 31.6 Å². The Balaban J connectivity index is 1.65. The summed E-state index contributed by atoms with van der Waals surface area (Å²) >= 11 is 0. The van der Waals surface area contributed by atoms with Gasteiger partial charge in [0.1, 0.15) is 17.0 Å². The van der Waals surface area contributed by atoms with Crippen molar-refractivity contribution in [2.75, 3.05) is 42.3 Å². The predicted octanol–water partition coefficient (Wildman–Crippen LogP) is 2.74. The molecular formula is C20H25N7O.